The second kappa shape index (κ2) is 7.04. The van der Waals surface area contributed by atoms with Crippen molar-refractivity contribution in [2.24, 2.45) is 5.92 Å². The SMILES string of the molecule is C=CC=O.CCC1CCCC1O. The number of rotatable bonds is 2. The molecule has 1 rings (SSSR count). The molecule has 1 N–H and O–H groups in total. The fraction of sp³-hybridized carbons (Fsp3) is 0.700. The van der Waals surface area contributed by atoms with Gasteiger partial charge in [-0.2, -0.15) is 0 Å². The number of hydrogen-bond donors (Lipinski definition) is 1. The zero-order valence-corrected chi connectivity index (χ0v) is 7.70. The maximum Gasteiger partial charge on any atom is 0.142 e. The van der Waals surface area contributed by atoms with Gasteiger partial charge in [-0.1, -0.05) is 26.3 Å². The van der Waals surface area contributed by atoms with Gasteiger partial charge >= 0.3 is 0 Å². The van der Waals surface area contributed by atoms with E-state index in [9.17, 15) is 5.11 Å². The summed E-state index contributed by atoms with van der Waals surface area (Å²) in [5, 5.41) is 9.19. The van der Waals surface area contributed by atoms with Crippen LogP contribution in [0.2, 0.25) is 0 Å². The van der Waals surface area contributed by atoms with Gasteiger partial charge in [0, 0.05) is 0 Å². The van der Waals surface area contributed by atoms with Crippen molar-refractivity contribution in [3.8, 4) is 0 Å². The Morgan fingerprint density at radius 2 is 2.17 bits per heavy atom. The average molecular weight is 170 g/mol. The van der Waals surface area contributed by atoms with Crippen LogP contribution in [-0.2, 0) is 4.79 Å². The summed E-state index contributed by atoms with van der Waals surface area (Å²) in [6, 6.07) is 0. The van der Waals surface area contributed by atoms with Gasteiger partial charge in [-0.3, -0.25) is 4.79 Å². The molecule has 0 aliphatic heterocycles. The van der Waals surface area contributed by atoms with E-state index in [2.05, 4.69) is 13.5 Å². The molecule has 0 aromatic heterocycles. The molecule has 1 aliphatic carbocycles. The molecule has 0 radical (unpaired) electrons. The number of aldehydes is 1. The molecule has 2 nitrogen and oxygen atoms in total. The predicted molar refractivity (Wildman–Crippen MR) is 49.9 cm³/mol. The van der Waals surface area contributed by atoms with Crippen LogP contribution in [0, 0.1) is 5.92 Å². The molecule has 0 saturated heterocycles. The molecule has 0 aromatic rings. The maximum atomic E-state index is 9.19. The summed E-state index contributed by atoms with van der Waals surface area (Å²) in [5.74, 6) is 0.620. The van der Waals surface area contributed by atoms with Crippen LogP contribution < -0.4 is 0 Å². The third-order valence-electron chi connectivity index (χ3n) is 2.24. The fourth-order valence-electron chi connectivity index (χ4n) is 1.49. The number of carbonyl (C=O) groups is 1. The Balaban J connectivity index is 0.000000261. The molecule has 1 aliphatic rings. The topological polar surface area (TPSA) is 37.3 Å². The lowest BCUT2D eigenvalue weighted by molar-refractivity contribution is -0.104. The highest BCUT2D eigenvalue weighted by molar-refractivity contribution is 5.63. The standard InChI is InChI=1S/C7H14O.C3H4O/c1-2-6-4-3-5-7(6)8;1-2-3-4/h6-8H,2-5H2,1H3;2-3H,1H2. The first-order chi connectivity index (χ1) is 5.76. The molecule has 0 spiro atoms. The van der Waals surface area contributed by atoms with Gasteiger partial charge in [0.2, 0.25) is 0 Å². The van der Waals surface area contributed by atoms with Gasteiger partial charge in [0.15, 0.2) is 0 Å². The van der Waals surface area contributed by atoms with Gasteiger partial charge in [-0.15, -0.1) is 0 Å². The molecule has 2 unspecified atom stereocenters. The molecule has 2 atom stereocenters. The van der Waals surface area contributed by atoms with Crippen LogP contribution in [0.4, 0.5) is 0 Å². The largest absolute Gasteiger partial charge is 0.393 e. The first-order valence-corrected chi connectivity index (χ1v) is 4.50. The monoisotopic (exact) mass is 170 g/mol. The highest BCUT2D eigenvalue weighted by Gasteiger charge is 2.22. The van der Waals surface area contributed by atoms with Crippen LogP contribution >= 0.6 is 0 Å². The fourth-order valence-corrected chi connectivity index (χ4v) is 1.49. The van der Waals surface area contributed by atoms with E-state index >= 15 is 0 Å². The molecule has 1 fully saturated rings. The van der Waals surface area contributed by atoms with Gasteiger partial charge < -0.3 is 5.11 Å². The van der Waals surface area contributed by atoms with Gasteiger partial charge in [0.1, 0.15) is 6.29 Å². The van der Waals surface area contributed by atoms with Crippen molar-refractivity contribution in [1.29, 1.82) is 0 Å². The number of hydrogen-bond acceptors (Lipinski definition) is 2. The minimum atomic E-state index is 0.0278. The highest BCUT2D eigenvalue weighted by atomic mass is 16.3. The van der Waals surface area contributed by atoms with Crippen LogP contribution in [-0.4, -0.2) is 17.5 Å². The van der Waals surface area contributed by atoms with Crippen LogP contribution in [0.5, 0.6) is 0 Å². The van der Waals surface area contributed by atoms with E-state index in [1.165, 1.54) is 18.9 Å². The van der Waals surface area contributed by atoms with Gasteiger partial charge in [0.05, 0.1) is 6.10 Å². The quantitative estimate of drug-likeness (QED) is 0.508. The molecule has 12 heavy (non-hydrogen) atoms. The molecule has 0 aromatic carbocycles. The summed E-state index contributed by atoms with van der Waals surface area (Å²) < 4.78 is 0. The Kier molecular flexibility index (Phi) is 6.67. The second-order valence-corrected chi connectivity index (χ2v) is 3.04. The molecule has 2 heteroatoms. The second-order valence-electron chi connectivity index (χ2n) is 3.04. The summed E-state index contributed by atoms with van der Waals surface area (Å²) in [4.78, 5) is 9.06. The third-order valence-corrected chi connectivity index (χ3v) is 2.24. The summed E-state index contributed by atoms with van der Waals surface area (Å²) in [6.45, 7) is 5.26. The van der Waals surface area contributed by atoms with Gasteiger partial charge in [-0.25, -0.2) is 0 Å². The molecular weight excluding hydrogens is 152 g/mol. The first-order valence-electron chi connectivity index (χ1n) is 4.50. The predicted octanol–water partition coefficient (Wildman–Crippen LogP) is 1.93. The minimum Gasteiger partial charge on any atom is -0.393 e. The van der Waals surface area contributed by atoms with Crippen molar-refractivity contribution < 1.29 is 9.90 Å². The molecule has 1 saturated carbocycles. The van der Waals surface area contributed by atoms with Crippen molar-refractivity contribution in [2.45, 2.75) is 38.7 Å². The summed E-state index contributed by atoms with van der Waals surface area (Å²) in [6.07, 6.45) is 6.54. The van der Waals surface area contributed by atoms with Crippen LogP contribution in [0.3, 0.4) is 0 Å². The minimum absolute atomic E-state index is 0.0278. The highest BCUT2D eigenvalue weighted by Crippen LogP contribution is 2.27. The van der Waals surface area contributed by atoms with Crippen LogP contribution in [0.15, 0.2) is 12.7 Å². The van der Waals surface area contributed by atoms with Crippen molar-refractivity contribution in [2.75, 3.05) is 0 Å². The lowest BCUT2D eigenvalue weighted by Crippen LogP contribution is -2.10. The Morgan fingerprint density at radius 1 is 1.58 bits per heavy atom. The van der Waals surface area contributed by atoms with Crippen molar-refractivity contribution in [3.63, 3.8) is 0 Å². The Morgan fingerprint density at radius 3 is 2.33 bits per heavy atom. The molecule has 0 amide bonds. The molecule has 0 heterocycles. The molecule has 0 bridgehead atoms. The normalized spacial score (nSPS) is 27.2. The maximum absolute atomic E-state index is 9.19. The van der Waals surface area contributed by atoms with E-state index in [1.54, 1.807) is 0 Å². The Labute approximate surface area is 74.3 Å². The molecular formula is C10H18O2. The van der Waals surface area contributed by atoms with Gasteiger partial charge in [0.25, 0.3) is 0 Å². The van der Waals surface area contributed by atoms with E-state index in [0.717, 1.165) is 12.8 Å². The number of allylic oxidation sites excluding steroid dienone is 1. The lowest BCUT2D eigenvalue weighted by atomic mass is 10.0. The summed E-state index contributed by atoms with van der Waals surface area (Å²) in [7, 11) is 0. The van der Waals surface area contributed by atoms with Crippen LogP contribution in [0.25, 0.3) is 0 Å². The molecule has 70 valence electrons. The first kappa shape index (κ1) is 11.4. The zero-order chi connectivity index (χ0) is 9.40. The number of aliphatic hydroxyl groups is 1. The van der Waals surface area contributed by atoms with Crippen molar-refractivity contribution in [1.82, 2.24) is 0 Å². The number of carbonyl (C=O) groups excluding carboxylic acids is 1. The van der Waals surface area contributed by atoms with E-state index in [4.69, 9.17) is 4.79 Å². The van der Waals surface area contributed by atoms with Crippen molar-refractivity contribution >= 4 is 6.29 Å². The van der Waals surface area contributed by atoms with Gasteiger partial charge in [-0.05, 0) is 24.8 Å². The summed E-state index contributed by atoms with van der Waals surface area (Å²) >= 11 is 0. The lowest BCUT2D eigenvalue weighted by Gasteiger charge is -2.09. The number of aliphatic hydroxyl groups excluding tert-OH is 1. The zero-order valence-electron chi connectivity index (χ0n) is 7.70. The summed E-state index contributed by atoms with van der Waals surface area (Å²) in [5.41, 5.74) is 0. The Hall–Kier alpha value is -0.630. The van der Waals surface area contributed by atoms with Crippen LogP contribution in [0.1, 0.15) is 32.6 Å². The van der Waals surface area contributed by atoms with E-state index in [-0.39, 0.29) is 6.10 Å². The van der Waals surface area contributed by atoms with Crippen molar-refractivity contribution in [3.05, 3.63) is 12.7 Å². The Bertz CT molecular complexity index is 126. The van der Waals surface area contributed by atoms with E-state index < -0.39 is 0 Å². The van der Waals surface area contributed by atoms with E-state index in [1.807, 2.05) is 0 Å². The smallest absolute Gasteiger partial charge is 0.142 e. The third kappa shape index (κ3) is 4.29. The average Bonchev–Trinajstić information content (AvgIpc) is 2.51. The van der Waals surface area contributed by atoms with E-state index in [0.29, 0.717) is 12.2 Å².